The van der Waals surface area contributed by atoms with Crippen LogP contribution in [0.15, 0.2) is 11.1 Å². The van der Waals surface area contributed by atoms with Crippen molar-refractivity contribution in [1.29, 1.82) is 0 Å². The van der Waals surface area contributed by atoms with Gasteiger partial charge in [0.25, 0.3) is 0 Å². The van der Waals surface area contributed by atoms with E-state index >= 15 is 0 Å². The molecule has 0 aromatic rings. The minimum Gasteiger partial charge on any atom is -0.459 e. The van der Waals surface area contributed by atoms with Crippen molar-refractivity contribution < 1.29 is 9.53 Å². The number of carbonyl (C=O) groups excluding carboxylic acids is 1. The van der Waals surface area contributed by atoms with E-state index in [4.69, 9.17) is 4.74 Å². The number of fused-ring (bicyclic) bond motifs is 4. The molecule has 64 valence electrons. The summed E-state index contributed by atoms with van der Waals surface area (Å²) in [5, 5.41) is 0. The molecule has 12 heavy (non-hydrogen) atoms. The largest absolute Gasteiger partial charge is 0.459 e. The standard InChI is InChI=1S/C10H12O2/c1-5-8-6-2-3-7(4-6)9(8)10(11)12-5/h5-6,8H,2-4H2,1H3. The summed E-state index contributed by atoms with van der Waals surface area (Å²) < 4.78 is 5.21. The molecule has 2 nitrogen and oxygen atoms in total. The maximum Gasteiger partial charge on any atom is 0.334 e. The molecule has 3 rings (SSSR count). The third-order valence-corrected chi connectivity index (χ3v) is 3.57. The first-order valence-electron chi connectivity index (χ1n) is 4.70. The van der Waals surface area contributed by atoms with Gasteiger partial charge in [-0.1, -0.05) is 5.57 Å². The van der Waals surface area contributed by atoms with Gasteiger partial charge in [-0.05, 0) is 32.1 Å². The van der Waals surface area contributed by atoms with Crippen molar-refractivity contribution in [2.24, 2.45) is 11.8 Å². The number of carbonyl (C=O) groups is 1. The third kappa shape index (κ3) is 0.598. The maximum atomic E-state index is 11.4. The average Bonchev–Trinajstić information content (AvgIpc) is 2.64. The van der Waals surface area contributed by atoms with Crippen LogP contribution in [0.2, 0.25) is 0 Å². The molecule has 2 fully saturated rings. The molecular formula is C10H12O2. The lowest BCUT2D eigenvalue weighted by molar-refractivity contribution is -0.138. The summed E-state index contributed by atoms with van der Waals surface area (Å²) in [6.45, 7) is 2.02. The summed E-state index contributed by atoms with van der Waals surface area (Å²) in [6.07, 6.45) is 3.76. The van der Waals surface area contributed by atoms with Gasteiger partial charge in [-0.2, -0.15) is 0 Å². The third-order valence-electron chi connectivity index (χ3n) is 3.57. The van der Waals surface area contributed by atoms with Crippen molar-refractivity contribution in [3.63, 3.8) is 0 Å². The fraction of sp³-hybridized carbons (Fsp3) is 0.700. The van der Waals surface area contributed by atoms with E-state index in [1.807, 2.05) is 6.92 Å². The second kappa shape index (κ2) is 1.93. The highest BCUT2D eigenvalue weighted by Crippen LogP contribution is 2.53. The number of allylic oxidation sites excluding steroid dienone is 1. The number of rotatable bonds is 0. The average molecular weight is 164 g/mol. The quantitative estimate of drug-likeness (QED) is 0.509. The van der Waals surface area contributed by atoms with Crippen LogP contribution in [-0.2, 0) is 9.53 Å². The van der Waals surface area contributed by atoms with Gasteiger partial charge in [0.2, 0.25) is 0 Å². The zero-order valence-corrected chi connectivity index (χ0v) is 7.17. The van der Waals surface area contributed by atoms with Gasteiger partial charge in [0, 0.05) is 11.5 Å². The molecule has 1 aliphatic heterocycles. The van der Waals surface area contributed by atoms with Crippen LogP contribution in [0, 0.1) is 11.8 Å². The molecule has 0 spiro atoms. The lowest BCUT2D eigenvalue weighted by Gasteiger charge is -2.18. The van der Waals surface area contributed by atoms with E-state index in [0.717, 1.165) is 17.9 Å². The number of cyclic esters (lactones) is 1. The zero-order chi connectivity index (χ0) is 8.29. The lowest BCUT2D eigenvalue weighted by atomic mass is 9.85. The van der Waals surface area contributed by atoms with Crippen LogP contribution in [0.25, 0.3) is 0 Å². The fourth-order valence-corrected chi connectivity index (χ4v) is 3.11. The SMILES string of the molecule is CC1OC(=O)C2=C3CCC(C3)C21. The first kappa shape index (κ1) is 6.70. The van der Waals surface area contributed by atoms with Gasteiger partial charge in [0.05, 0.1) is 0 Å². The normalized spacial score (nSPS) is 43.8. The van der Waals surface area contributed by atoms with E-state index in [-0.39, 0.29) is 12.1 Å². The number of ether oxygens (including phenoxy) is 1. The summed E-state index contributed by atoms with van der Waals surface area (Å²) >= 11 is 0. The van der Waals surface area contributed by atoms with Gasteiger partial charge in [-0.25, -0.2) is 4.79 Å². The van der Waals surface area contributed by atoms with E-state index in [1.165, 1.54) is 18.4 Å². The van der Waals surface area contributed by atoms with Crippen molar-refractivity contribution >= 4 is 5.97 Å². The van der Waals surface area contributed by atoms with E-state index in [1.54, 1.807) is 0 Å². The molecule has 1 saturated heterocycles. The van der Waals surface area contributed by atoms with Gasteiger partial charge >= 0.3 is 5.97 Å². The Bertz CT molecular complexity index is 290. The smallest absolute Gasteiger partial charge is 0.334 e. The van der Waals surface area contributed by atoms with Crippen LogP contribution < -0.4 is 0 Å². The number of hydrogen-bond donors (Lipinski definition) is 0. The van der Waals surface area contributed by atoms with E-state index in [0.29, 0.717) is 5.92 Å². The molecule has 0 aromatic carbocycles. The highest BCUT2D eigenvalue weighted by Gasteiger charge is 2.50. The Balaban J connectivity index is 2.12. The van der Waals surface area contributed by atoms with Crippen molar-refractivity contribution in [1.82, 2.24) is 0 Å². The summed E-state index contributed by atoms with van der Waals surface area (Å²) in [4.78, 5) is 11.4. The van der Waals surface area contributed by atoms with Gasteiger partial charge < -0.3 is 4.74 Å². The molecular weight excluding hydrogens is 152 g/mol. The molecule has 1 heterocycles. The summed E-state index contributed by atoms with van der Waals surface area (Å²) in [5.41, 5.74) is 2.46. The first-order valence-corrected chi connectivity index (χ1v) is 4.70. The predicted octanol–water partition coefficient (Wildman–Crippen LogP) is 1.66. The first-order chi connectivity index (χ1) is 5.77. The highest BCUT2D eigenvalue weighted by atomic mass is 16.5. The Morgan fingerprint density at radius 1 is 1.50 bits per heavy atom. The van der Waals surface area contributed by atoms with Crippen LogP contribution in [0.4, 0.5) is 0 Å². The second-order valence-corrected chi connectivity index (χ2v) is 4.16. The van der Waals surface area contributed by atoms with Crippen LogP contribution in [0.3, 0.4) is 0 Å². The minimum absolute atomic E-state index is 0.0234. The molecule has 3 atom stereocenters. The van der Waals surface area contributed by atoms with Crippen LogP contribution in [0.1, 0.15) is 26.2 Å². The van der Waals surface area contributed by atoms with E-state index in [2.05, 4.69) is 0 Å². The Labute approximate surface area is 71.6 Å². The molecule has 3 unspecified atom stereocenters. The molecule has 2 aliphatic carbocycles. The monoisotopic (exact) mass is 164 g/mol. The predicted molar refractivity (Wildman–Crippen MR) is 43.4 cm³/mol. The van der Waals surface area contributed by atoms with Gasteiger partial charge in [0.15, 0.2) is 0 Å². The summed E-state index contributed by atoms with van der Waals surface area (Å²) in [7, 11) is 0. The topological polar surface area (TPSA) is 26.3 Å². The van der Waals surface area contributed by atoms with Crippen LogP contribution in [-0.4, -0.2) is 12.1 Å². The number of hydrogen-bond acceptors (Lipinski definition) is 2. The fourth-order valence-electron chi connectivity index (χ4n) is 3.11. The Morgan fingerprint density at radius 3 is 3.08 bits per heavy atom. The minimum atomic E-state index is -0.0234. The number of esters is 1. The Hall–Kier alpha value is -0.790. The molecule has 2 bridgehead atoms. The van der Waals surface area contributed by atoms with Crippen molar-refractivity contribution in [3.8, 4) is 0 Å². The van der Waals surface area contributed by atoms with E-state index in [9.17, 15) is 4.79 Å². The molecule has 2 heteroatoms. The Kier molecular flexibility index (Phi) is 1.07. The van der Waals surface area contributed by atoms with Crippen LogP contribution >= 0.6 is 0 Å². The van der Waals surface area contributed by atoms with E-state index < -0.39 is 0 Å². The Morgan fingerprint density at radius 2 is 2.33 bits per heavy atom. The van der Waals surface area contributed by atoms with Crippen molar-refractivity contribution in [2.75, 3.05) is 0 Å². The summed E-state index contributed by atoms with van der Waals surface area (Å²) in [5.74, 6) is 1.17. The van der Waals surface area contributed by atoms with Gasteiger partial charge in [-0.3, -0.25) is 0 Å². The molecule has 0 radical (unpaired) electrons. The van der Waals surface area contributed by atoms with Crippen LogP contribution in [0.5, 0.6) is 0 Å². The van der Waals surface area contributed by atoms with Gasteiger partial charge in [-0.15, -0.1) is 0 Å². The lowest BCUT2D eigenvalue weighted by Crippen LogP contribution is -2.18. The molecule has 1 saturated carbocycles. The molecule has 0 N–H and O–H groups in total. The molecule has 3 aliphatic rings. The summed E-state index contributed by atoms with van der Waals surface area (Å²) in [6, 6.07) is 0. The van der Waals surface area contributed by atoms with Crippen molar-refractivity contribution in [3.05, 3.63) is 11.1 Å². The van der Waals surface area contributed by atoms with Gasteiger partial charge in [0.1, 0.15) is 6.10 Å². The maximum absolute atomic E-state index is 11.4. The second-order valence-electron chi connectivity index (χ2n) is 4.16. The molecule has 0 amide bonds. The van der Waals surface area contributed by atoms with Crippen molar-refractivity contribution in [2.45, 2.75) is 32.3 Å². The molecule has 0 aromatic heterocycles. The highest BCUT2D eigenvalue weighted by molar-refractivity contribution is 5.93. The zero-order valence-electron chi connectivity index (χ0n) is 7.17.